The van der Waals surface area contributed by atoms with Crippen LogP contribution in [-0.4, -0.2) is 18.2 Å². The van der Waals surface area contributed by atoms with Crippen molar-refractivity contribution in [2.75, 3.05) is 6.54 Å². The molecule has 0 bridgehead atoms. The van der Waals surface area contributed by atoms with E-state index in [0.29, 0.717) is 19.4 Å². The van der Waals surface area contributed by atoms with Gasteiger partial charge in [0.2, 0.25) is 5.91 Å². The molecule has 13 heavy (non-hydrogen) atoms. The van der Waals surface area contributed by atoms with E-state index in [2.05, 4.69) is 17.2 Å². The molecule has 0 aliphatic rings. The van der Waals surface area contributed by atoms with E-state index in [0.717, 1.165) is 0 Å². The molecule has 0 saturated heterocycles. The van der Waals surface area contributed by atoms with Gasteiger partial charge in [0.25, 0.3) is 0 Å². The summed E-state index contributed by atoms with van der Waals surface area (Å²) in [5, 5.41) is 2.68. The van der Waals surface area contributed by atoms with E-state index in [1.165, 1.54) is 6.92 Å². The van der Waals surface area contributed by atoms with Crippen molar-refractivity contribution in [2.24, 2.45) is 0 Å². The predicted molar refractivity (Wildman–Crippen MR) is 51.0 cm³/mol. The Morgan fingerprint density at radius 3 is 2.54 bits per heavy atom. The molecule has 0 heterocycles. The van der Waals surface area contributed by atoms with Gasteiger partial charge in [-0.15, -0.1) is 11.8 Å². The smallest absolute Gasteiger partial charge is 0.220 e. The fraction of sp³-hybridized carbons (Fsp3) is 0.600. The molecule has 0 aliphatic carbocycles. The second-order valence-corrected chi connectivity index (χ2v) is 2.73. The number of rotatable bonds is 5. The van der Waals surface area contributed by atoms with Crippen molar-refractivity contribution < 1.29 is 9.59 Å². The van der Waals surface area contributed by atoms with Crippen molar-refractivity contribution in [1.29, 1.82) is 0 Å². The molecule has 0 radical (unpaired) electrons. The van der Waals surface area contributed by atoms with E-state index in [-0.39, 0.29) is 18.1 Å². The van der Waals surface area contributed by atoms with Gasteiger partial charge >= 0.3 is 0 Å². The molecule has 0 rings (SSSR count). The number of hydrogen-bond donors (Lipinski definition) is 1. The summed E-state index contributed by atoms with van der Waals surface area (Å²) in [7, 11) is 0. The summed E-state index contributed by atoms with van der Waals surface area (Å²) in [5.74, 6) is 5.54. The molecule has 0 aromatic rings. The normalized spacial score (nSPS) is 8.46. The number of ketones is 1. The van der Waals surface area contributed by atoms with Gasteiger partial charge in [0.1, 0.15) is 5.78 Å². The molecule has 0 spiro atoms. The van der Waals surface area contributed by atoms with Crippen LogP contribution in [-0.2, 0) is 9.59 Å². The number of Topliss-reactive ketones (excluding diaryl/α,β-unsaturated/α-hetero) is 1. The van der Waals surface area contributed by atoms with Gasteiger partial charge in [0.05, 0.1) is 0 Å². The van der Waals surface area contributed by atoms with E-state index in [1.54, 1.807) is 6.92 Å². The Bertz CT molecular complexity index is 235. The van der Waals surface area contributed by atoms with E-state index in [1.807, 2.05) is 0 Å². The van der Waals surface area contributed by atoms with Crippen LogP contribution in [0.1, 0.15) is 33.1 Å². The van der Waals surface area contributed by atoms with Crippen molar-refractivity contribution in [3.63, 3.8) is 0 Å². The van der Waals surface area contributed by atoms with Crippen LogP contribution in [0.3, 0.4) is 0 Å². The average Bonchev–Trinajstić information content (AvgIpc) is 2.09. The van der Waals surface area contributed by atoms with Gasteiger partial charge in [-0.05, 0) is 13.8 Å². The van der Waals surface area contributed by atoms with Crippen LogP contribution in [0.25, 0.3) is 0 Å². The average molecular weight is 181 g/mol. The number of hydrogen-bond acceptors (Lipinski definition) is 2. The third kappa shape index (κ3) is 8.61. The van der Waals surface area contributed by atoms with E-state index >= 15 is 0 Å². The Labute approximate surface area is 78.9 Å². The van der Waals surface area contributed by atoms with Crippen LogP contribution in [0, 0.1) is 11.8 Å². The molecule has 3 nitrogen and oxygen atoms in total. The zero-order valence-corrected chi connectivity index (χ0v) is 8.14. The minimum Gasteiger partial charge on any atom is -0.355 e. The Morgan fingerprint density at radius 1 is 1.31 bits per heavy atom. The lowest BCUT2D eigenvalue weighted by atomic mass is 10.2. The molecule has 1 amide bonds. The second kappa shape index (κ2) is 7.35. The number of carbonyl (C=O) groups excluding carboxylic acids is 2. The third-order valence-corrected chi connectivity index (χ3v) is 1.45. The van der Waals surface area contributed by atoms with Crippen LogP contribution in [0.4, 0.5) is 0 Å². The summed E-state index contributed by atoms with van der Waals surface area (Å²) in [4.78, 5) is 21.5. The fourth-order valence-corrected chi connectivity index (χ4v) is 0.767. The molecular formula is C10H15NO2. The summed E-state index contributed by atoms with van der Waals surface area (Å²) >= 11 is 0. The Kier molecular flexibility index (Phi) is 6.62. The topological polar surface area (TPSA) is 46.2 Å². The first-order chi connectivity index (χ1) is 6.16. The Hall–Kier alpha value is -1.30. The highest BCUT2D eigenvalue weighted by atomic mass is 16.2. The maximum absolute atomic E-state index is 11.0. The van der Waals surface area contributed by atoms with Gasteiger partial charge in [-0.3, -0.25) is 4.79 Å². The predicted octanol–water partition coefficient (Wildman–Crippen LogP) is 0.885. The molecule has 0 saturated carbocycles. The lowest BCUT2D eigenvalue weighted by Crippen LogP contribution is -2.24. The van der Waals surface area contributed by atoms with Gasteiger partial charge in [0, 0.05) is 25.8 Å². The standard InChI is InChI=1S/C10H15NO2/c1-3-4-5-8-11-10(13)7-6-9(2)12/h5-8H2,1-2H3,(H,11,13). The molecular weight excluding hydrogens is 166 g/mol. The first kappa shape index (κ1) is 11.7. The molecule has 72 valence electrons. The molecule has 1 N–H and O–H groups in total. The first-order valence-corrected chi connectivity index (χ1v) is 4.32. The number of amides is 1. The quantitative estimate of drug-likeness (QED) is 0.505. The maximum Gasteiger partial charge on any atom is 0.220 e. The van der Waals surface area contributed by atoms with Gasteiger partial charge < -0.3 is 10.1 Å². The molecule has 0 aliphatic heterocycles. The molecule has 3 heteroatoms. The zero-order valence-electron chi connectivity index (χ0n) is 8.14. The molecule has 0 aromatic carbocycles. The Morgan fingerprint density at radius 2 is 2.00 bits per heavy atom. The zero-order chi connectivity index (χ0) is 10.1. The van der Waals surface area contributed by atoms with Crippen LogP contribution >= 0.6 is 0 Å². The first-order valence-electron chi connectivity index (χ1n) is 4.32. The Balaban J connectivity index is 3.39. The maximum atomic E-state index is 11.0. The summed E-state index contributed by atoms with van der Waals surface area (Å²) in [6.45, 7) is 3.81. The van der Waals surface area contributed by atoms with Crippen molar-refractivity contribution >= 4 is 11.7 Å². The lowest BCUT2D eigenvalue weighted by Gasteiger charge is -2.00. The molecule has 0 fully saturated rings. The highest BCUT2D eigenvalue weighted by Crippen LogP contribution is 1.89. The molecule has 0 aromatic heterocycles. The van der Waals surface area contributed by atoms with Gasteiger partial charge in [-0.1, -0.05) is 0 Å². The van der Waals surface area contributed by atoms with Gasteiger partial charge in [-0.2, -0.15) is 0 Å². The van der Waals surface area contributed by atoms with E-state index in [9.17, 15) is 9.59 Å². The van der Waals surface area contributed by atoms with Crippen LogP contribution in [0.5, 0.6) is 0 Å². The minimum absolute atomic E-state index is 0.0449. The highest BCUT2D eigenvalue weighted by molar-refractivity contribution is 5.83. The highest BCUT2D eigenvalue weighted by Gasteiger charge is 2.01. The minimum atomic E-state index is -0.0758. The monoisotopic (exact) mass is 181 g/mol. The van der Waals surface area contributed by atoms with Crippen molar-refractivity contribution in [3.8, 4) is 11.8 Å². The summed E-state index contributed by atoms with van der Waals surface area (Å²) in [6, 6.07) is 0. The van der Waals surface area contributed by atoms with E-state index in [4.69, 9.17) is 0 Å². The summed E-state index contributed by atoms with van der Waals surface area (Å²) in [5.41, 5.74) is 0. The second-order valence-electron chi connectivity index (χ2n) is 2.73. The lowest BCUT2D eigenvalue weighted by molar-refractivity contribution is -0.124. The largest absolute Gasteiger partial charge is 0.355 e. The third-order valence-electron chi connectivity index (χ3n) is 1.45. The van der Waals surface area contributed by atoms with Crippen molar-refractivity contribution in [3.05, 3.63) is 0 Å². The van der Waals surface area contributed by atoms with Crippen LogP contribution in [0.2, 0.25) is 0 Å². The molecule has 0 atom stereocenters. The van der Waals surface area contributed by atoms with Crippen LogP contribution < -0.4 is 5.32 Å². The van der Waals surface area contributed by atoms with Crippen LogP contribution in [0.15, 0.2) is 0 Å². The van der Waals surface area contributed by atoms with Gasteiger partial charge in [-0.25, -0.2) is 0 Å². The van der Waals surface area contributed by atoms with Gasteiger partial charge in [0.15, 0.2) is 0 Å². The number of carbonyl (C=O) groups is 2. The summed E-state index contributed by atoms with van der Waals surface area (Å²) < 4.78 is 0. The summed E-state index contributed by atoms with van der Waals surface area (Å²) in [6.07, 6.45) is 1.28. The number of nitrogens with one attached hydrogen (secondary N) is 1. The van der Waals surface area contributed by atoms with Crippen molar-refractivity contribution in [1.82, 2.24) is 5.32 Å². The SMILES string of the molecule is CC#CCCNC(=O)CCC(C)=O. The van der Waals surface area contributed by atoms with E-state index < -0.39 is 0 Å². The molecule has 0 unspecified atom stereocenters. The van der Waals surface area contributed by atoms with Crippen molar-refractivity contribution in [2.45, 2.75) is 33.1 Å². The fourth-order valence-electron chi connectivity index (χ4n) is 0.767.